The summed E-state index contributed by atoms with van der Waals surface area (Å²) < 4.78 is 5.34. The molecule has 2 N–H and O–H groups in total. The summed E-state index contributed by atoms with van der Waals surface area (Å²) in [5.41, 5.74) is 0.489. The number of fused-ring (bicyclic) bond motifs is 5. The van der Waals surface area contributed by atoms with Crippen molar-refractivity contribution < 1.29 is 14.6 Å². The van der Waals surface area contributed by atoms with Gasteiger partial charge in [-0.1, -0.05) is 6.92 Å². The maximum atomic E-state index is 12.9. The summed E-state index contributed by atoms with van der Waals surface area (Å²) in [5, 5.41) is 23.2. The maximum Gasteiger partial charge on any atom is 0.270 e. The molecular weight excluding hydrogens is 438 g/mol. The monoisotopic (exact) mass is 479 g/mol. The van der Waals surface area contributed by atoms with Gasteiger partial charge in [0.2, 0.25) is 0 Å². The summed E-state index contributed by atoms with van der Waals surface area (Å²) in [7, 11) is 1.70. The number of nitriles is 1. The van der Waals surface area contributed by atoms with E-state index in [1.54, 1.807) is 19.2 Å². The molecule has 0 aliphatic heterocycles. The van der Waals surface area contributed by atoms with E-state index in [2.05, 4.69) is 30.2 Å². The molecule has 190 valence electrons. The number of nitrogens with one attached hydrogen (secondary N) is 1. The lowest BCUT2D eigenvalue weighted by Gasteiger charge is -2.57. The highest BCUT2D eigenvalue weighted by atomic mass is 16.5. The van der Waals surface area contributed by atoms with Crippen LogP contribution in [0.4, 0.5) is 0 Å². The van der Waals surface area contributed by atoms with Crippen molar-refractivity contribution in [3.63, 3.8) is 0 Å². The van der Waals surface area contributed by atoms with Gasteiger partial charge >= 0.3 is 0 Å². The smallest absolute Gasteiger partial charge is 0.270 e. The van der Waals surface area contributed by atoms with Crippen LogP contribution in [0.1, 0.15) is 87.7 Å². The molecule has 0 aromatic carbocycles. The number of pyridine rings is 1. The van der Waals surface area contributed by atoms with Crippen LogP contribution in [-0.2, 0) is 4.74 Å². The Hall–Kier alpha value is -1.97. The predicted molar refractivity (Wildman–Crippen MR) is 133 cm³/mol. The van der Waals surface area contributed by atoms with Crippen molar-refractivity contribution in [1.82, 2.24) is 10.3 Å². The minimum absolute atomic E-state index is 0.0987. The Balaban J connectivity index is 1.25. The molecular formula is C29H41N3O3. The number of carbonyl (C=O) groups is 1. The van der Waals surface area contributed by atoms with Gasteiger partial charge in [0.05, 0.1) is 17.8 Å². The van der Waals surface area contributed by atoms with E-state index in [9.17, 15) is 9.90 Å². The molecule has 35 heavy (non-hydrogen) atoms. The van der Waals surface area contributed by atoms with Crippen LogP contribution in [0.5, 0.6) is 0 Å². The van der Waals surface area contributed by atoms with Gasteiger partial charge in [-0.05, 0) is 118 Å². The largest absolute Gasteiger partial charge is 0.387 e. The number of rotatable bonds is 5. The van der Waals surface area contributed by atoms with Gasteiger partial charge in [-0.3, -0.25) is 4.79 Å². The number of aliphatic hydroxyl groups is 1. The van der Waals surface area contributed by atoms with E-state index in [1.807, 2.05) is 0 Å². The second-order valence-electron chi connectivity index (χ2n) is 12.4. The van der Waals surface area contributed by atoms with E-state index in [4.69, 9.17) is 10.00 Å². The summed E-state index contributed by atoms with van der Waals surface area (Å²) in [6.07, 6.45) is 11.9. The van der Waals surface area contributed by atoms with Gasteiger partial charge in [-0.15, -0.1) is 0 Å². The topological polar surface area (TPSA) is 95.2 Å². The van der Waals surface area contributed by atoms with Crippen molar-refractivity contribution in [1.29, 1.82) is 5.26 Å². The molecule has 4 saturated carbocycles. The third kappa shape index (κ3) is 4.40. The third-order valence-corrected chi connectivity index (χ3v) is 10.7. The number of carbonyl (C=O) groups excluding carboxylic acids is 1. The second-order valence-corrected chi connectivity index (χ2v) is 12.4. The van der Waals surface area contributed by atoms with E-state index < -0.39 is 5.60 Å². The van der Waals surface area contributed by atoms with Gasteiger partial charge in [0.25, 0.3) is 5.91 Å². The number of ether oxygens (including phenoxy) is 1. The fourth-order valence-corrected chi connectivity index (χ4v) is 9.20. The first-order chi connectivity index (χ1) is 16.8. The SMILES string of the molecule is COC[C@@]1(O)CC[C@H]2[C@H](CC[C@@H]3[C@@H]2CC[C@]2(C)[C@@H]([C@@H](C)NC(=O)c4ccc(C#N)cn4)CC[C@@H]32)C1. The zero-order chi connectivity index (χ0) is 24.8. The molecule has 6 heteroatoms. The molecule has 0 unspecified atom stereocenters. The second kappa shape index (κ2) is 9.48. The molecule has 0 radical (unpaired) electrons. The molecule has 4 fully saturated rings. The normalized spacial score (nSPS) is 41.1. The van der Waals surface area contributed by atoms with Crippen LogP contribution in [0.25, 0.3) is 0 Å². The van der Waals surface area contributed by atoms with Gasteiger partial charge < -0.3 is 15.2 Å². The molecule has 4 aliphatic carbocycles. The van der Waals surface area contributed by atoms with Crippen LogP contribution in [-0.4, -0.2) is 41.4 Å². The molecule has 0 bridgehead atoms. The van der Waals surface area contributed by atoms with Crippen molar-refractivity contribution in [2.75, 3.05) is 13.7 Å². The number of aromatic nitrogens is 1. The minimum Gasteiger partial charge on any atom is -0.387 e. The average molecular weight is 480 g/mol. The quantitative estimate of drug-likeness (QED) is 0.637. The van der Waals surface area contributed by atoms with Crippen LogP contribution < -0.4 is 5.32 Å². The summed E-state index contributed by atoms with van der Waals surface area (Å²) in [5.74, 6) is 4.06. The van der Waals surface area contributed by atoms with Crippen molar-refractivity contribution in [3.8, 4) is 6.07 Å². The van der Waals surface area contributed by atoms with Gasteiger partial charge in [0, 0.05) is 19.3 Å². The Kier molecular flexibility index (Phi) is 6.70. The Morgan fingerprint density at radius 2 is 2.00 bits per heavy atom. The van der Waals surface area contributed by atoms with Crippen molar-refractivity contribution in [2.24, 2.45) is 40.9 Å². The lowest BCUT2D eigenvalue weighted by Crippen LogP contribution is -2.53. The summed E-state index contributed by atoms with van der Waals surface area (Å²) in [4.78, 5) is 17.1. The predicted octanol–water partition coefficient (Wildman–Crippen LogP) is 4.72. The van der Waals surface area contributed by atoms with Crippen LogP contribution in [0.15, 0.2) is 18.3 Å². The standard InChI is InChI=1S/C29H41N3O3/c1-18(32-27(33)26-9-4-19(15-30)16-31-26)24-7-8-25-23-6-5-20-14-29(34,17-35-3)13-11-21(20)22(23)10-12-28(24,25)2/h4,9,16,18,20-25,34H,5-8,10-14,17H2,1-3H3,(H,32,33)/t18-,20-,21+,22-,23-,24-,25+,28-,29-/m1/s1. The molecule has 5 rings (SSSR count). The molecule has 1 aromatic heterocycles. The van der Waals surface area contributed by atoms with Crippen LogP contribution in [0.2, 0.25) is 0 Å². The first kappa shape index (κ1) is 24.7. The van der Waals surface area contributed by atoms with Crippen LogP contribution in [0.3, 0.4) is 0 Å². The Morgan fingerprint density at radius 1 is 1.20 bits per heavy atom. The number of hydrogen-bond donors (Lipinski definition) is 2. The number of amides is 1. The fraction of sp³-hybridized carbons (Fsp3) is 0.759. The highest BCUT2D eigenvalue weighted by Gasteiger charge is 2.58. The van der Waals surface area contributed by atoms with E-state index in [0.717, 1.165) is 42.9 Å². The lowest BCUT2D eigenvalue weighted by molar-refractivity contribution is -0.125. The number of hydrogen-bond acceptors (Lipinski definition) is 5. The lowest BCUT2D eigenvalue weighted by atomic mass is 9.48. The van der Waals surface area contributed by atoms with E-state index in [-0.39, 0.29) is 17.4 Å². The third-order valence-electron chi connectivity index (χ3n) is 10.7. The number of methoxy groups -OCH3 is 1. The highest BCUT2D eigenvalue weighted by Crippen LogP contribution is 2.65. The molecule has 1 heterocycles. The van der Waals surface area contributed by atoms with E-state index >= 15 is 0 Å². The molecule has 0 spiro atoms. The Bertz CT molecular complexity index is 974. The Morgan fingerprint density at radius 3 is 2.71 bits per heavy atom. The van der Waals surface area contributed by atoms with Crippen molar-refractivity contribution in [2.45, 2.75) is 83.3 Å². The zero-order valence-electron chi connectivity index (χ0n) is 21.5. The van der Waals surface area contributed by atoms with Crippen molar-refractivity contribution in [3.05, 3.63) is 29.6 Å². The van der Waals surface area contributed by atoms with Crippen LogP contribution >= 0.6 is 0 Å². The highest BCUT2D eigenvalue weighted by molar-refractivity contribution is 5.92. The minimum atomic E-state index is -0.623. The Labute approximate surface area is 209 Å². The van der Waals surface area contributed by atoms with Gasteiger partial charge in [0.1, 0.15) is 11.8 Å². The summed E-state index contributed by atoms with van der Waals surface area (Å²) >= 11 is 0. The average Bonchev–Trinajstić information content (AvgIpc) is 3.21. The maximum absolute atomic E-state index is 12.9. The molecule has 1 aromatic rings. The van der Waals surface area contributed by atoms with Crippen LogP contribution in [0, 0.1) is 52.3 Å². The van der Waals surface area contributed by atoms with E-state index in [1.165, 1.54) is 44.7 Å². The van der Waals surface area contributed by atoms with Gasteiger partial charge in [-0.2, -0.15) is 5.26 Å². The van der Waals surface area contributed by atoms with Crippen molar-refractivity contribution >= 4 is 5.91 Å². The molecule has 0 saturated heterocycles. The molecule has 9 atom stereocenters. The molecule has 1 amide bonds. The van der Waals surface area contributed by atoms with Gasteiger partial charge in [0.15, 0.2) is 0 Å². The molecule has 4 aliphatic rings. The zero-order valence-corrected chi connectivity index (χ0v) is 21.5. The number of nitrogens with zero attached hydrogens (tertiary/aromatic N) is 2. The molecule has 6 nitrogen and oxygen atoms in total. The summed E-state index contributed by atoms with van der Waals surface area (Å²) in [6, 6.07) is 5.44. The summed E-state index contributed by atoms with van der Waals surface area (Å²) in [6.45, 7) is 5.13. The fourth-order valence-electron chi connectivity index (χ4n) is 9.20. The first-order valence-electron chi connectivity index (χ1n) is 13.7. The van der Waals surface area contributed by atoms with E-state index in [0.29, 0.717) is 29.7 Å². The van der Waals surface area contributed by atoms with Gasteiger partial charge in [-0.25, -0.2) is 4.98 Å². The first-order valence-corrected chi connectivity index (χ1v) is 13.7.